The Morgan fingerprint density at radius 1 is 1.56 bits per heavy atom. The molecule has 0 fully saturated rings. The van der Waals surface area contributed by atoms with Gasteiger partial charge in [0.1, 0.15) is 12.2 Å². The first-order chi connectivity index (χ1) is 8.52. The Bertz CT molecular complexity index is 453. The number of aromatic nitrogens is 1. The fourth-order valence-electron chi connectivity index (χ4n) is 1.15. The summed E-state index contributed by atoms with van der Waals surface area (Å²) < 4.78 is 18.4. The fourth-order valence-corrected chi connectivity index (χ4v) is 1.15. The summed E-state index contributed by atoms with van der Waals surface area (Å²) in [7, 11) is 0. The molecule has 1 aromatic rings. The van der Waals surface area contributed by atoms with Gasteiger partial charge in [-0.15, -0.1) is 0 Å². The Morgan fingerprint density at radius 2 is 2.28 bits per heavy atom. The highest BCUT2D eigenvalue weighted by Crippen LogP contribution is 2.14. The van der Waals surface area contributed by atoms with Crippen LogP contribution in [-0.4, -0.2) is 41.7 Å². The van der Waals surface area contributed by atoms with E-state index in [1.807, 2.05) is 0 Å². The van der Waals surface area contributed by atoms with Gasteiger partial charge in [0.25, 0.3) is 0 Å². The van der Waals surface area contributed by atoms with Crippen LogP contribution in [0.3, 0.4) is 0 Å². The van der Waals surface area contributed by atoms with E-state index in [0.717, 1.165) is 6.07 Å². The first kappa shape index (κ1) is 13.8. The molecule has 8 heteroatoms. The summed E-state index contributed by atoms with van der Waals surface area (Å²) in [5.74, 6) is -3.10. The van der Waals surface area contributed by atoms with E-state index < -0.39 is 23.3 Å². The maximum absolute atomic E-state index is 13.5. The van der Waals surface area contributed by atoms with Crippen LogP contribution >= 0.6 is 0 Å². The van der Waals surface area contributed by atoms with Crippen LogP contribution in [0, 0.1) is 5.82 Å². The summed E-state index contributed by atoms with van der Waals surface area (Å²) >= 11 is 0. The lowest BCUT2D eigenvalue weighted by atomic mass is 10.2. The largest absolute Gasteiger partial charge is 0.478 e. The van der Waals surface area contributed by atoms with E-state index >= 15 is 0 Å². The Balaban J connectivity index is 2.50. The summed E-state index contributed by atoms with van der Waals surface area (Å²) in [6.07, 6.45) is 1.18. The van der Waals surface area contributed by atoms with Gasteiger partial charge in [-0.1, -0.05) is 0 Å². The van der Waals surface area contributed by atoms with Crippen molar-refractivity contribution in [2.24, 2.45) is 5.73 Å². The van der Waals surface area contributed by atoms with Gasteiger partial charge in [0.15, 0.2) is 11.6 Å². The molecule has 0 aliphatic rings. The van der Waals surface area contributed by atoms with Crippen LogP contribution in [0.5, 0.6) is 0 Å². The number of carbonyl (C=O) groups excluding carboxylic acids is 1. The minimum absolute atomic E-state index is 0.112. The third-order valence-corrected chi connectivity index (χ3v) is 1.90. The molecule has 7 nitrogen and oxygen atoms in total. The smallest absolute Gasteiger partial charge is 0.338 e. The summed E-state index contributed by atoms with van der Waals surface area (Å²) in [5, 5.41) is 11.2. The normalized spacial score (nSPS) is 10.1. The van der Waals surface area contributed by atoms with Crippen molar-refractivity contribution in [1.82, 2.24) is 4.98 Å². The molecule has 0 unspecified atom stereocenters. The third-order valence-electron chi connectivity index (χ3n) is 1.90. The molecule has 0 aromatic carbocycles. The molecule has 0 bridgehead atoms. The minimum atomic E-state index is -1.37. The second-order valence-corrected chi connectivity index (χ2v) is 3.27. The molecular weight excluding hydrogens is 245 g/mol. The number of hydrogen-bond acceptors (Lipinski definition) is 5. The number of halogens is 1. The van der Waals surface area contributed by atoms with E-state index in [-0.39, 0.29) is 25.6 Å². The highest BCUT2D eigenvalue weighted by Gasteiger charge is 2.14. The topological polar surface area (TPSA) is 115 Å². The molecule has 0 atom stereocenters. The van der Waals surface area contributed by atoms with Crippen molar-refractivity contribution in [1.29, 1.82) is 0 Å². The number of amides is 1. The Hall–Kier alpha value is -2.22. The zero-order chi connectivity index (χ0) is 13.5. The Kier molecular flexibility index (Phi) is 5.00. The molecule has 0 aliphatic heterocycles. The molecule has 0 saturated heterocycles. The fraction of sp³-hybridized carbons (Fsp3) is 0.300. The molecular formula is C10H12FN3O4. The second-order valence-electron chi connectivity index (χ2n) is 3.27. The van der Waals surface area contributed by atoms with Crippen molar-refractivity contribution >= 4 is 17.7 Å². The highest BCUT2D eigenvalue weighted by molar-refractivity contribution is 5.88. The molecule has 1 heterocycles. The van der Waals surface area contributed by atoms with Crippen LogP contribution in [0.15, 0.2) is 12.3 Å². The number of carbonyl (C=O) groups is 2. The van der Waals surface area contributed by atoms with Gasteiger partial charge >= 0.3 is 5.97 Å². The van der Waals surface area contributed by atoms with Crippen LogP contribution in [0.25, 0.3) is 0 Å². The number of pyridine rings is 1. The van der Waals surface area contributed by atoms with E-state index in [1.54, 1.807) is 0 Å². The first-order valence-corrected chi connectivity index (χ1v) is 5.00. The minimum Gasteiger partial charge on any atom is -0.478 e. The van der Waals surface area contributed by atoms with Gasteiger partial charge in [0.2, 0.25) is 5.91 Å². The van der Waals surface area contributed by atoms with Crippen molar-refractivity contribution in [3.05, 3.63) is 23.6 Å². The van der Waals surface area contributed by atoms with Gasteiger partial charge < -0.3 is 20.9 Å². The van der Waals surface area contributed by atoms with Crippen LogP contribution in [0.4, 0.5) is 10.2 Å². The van der Waals surface area contributed by atoms with E-state index in [2.05, 4.69) is 10.3 Å². The summed E-state index contributed by atoms with van der Waals surface area (Å²) in [6.45, 7) is 0.0500. The van der Waals surface area contributed by atoms with Crippen molar-refractivity contribution in [2.75, 3.05) is 25.1 Å². The van der Waals surface area contributed by atoms with Gasteiger partial charge in [-0.2, -0.15) is 0 Å². The SMILES string of the molecule is NC(=O)COCCNc1nccc(C(=O)O)c1F. The number of hydrogen-bond donors (Lipinski definition) is 3. The molecule has 4 N–H and O–H groups in total. The van der Waals surface area contributed by atoms with Crippen molar-refractivity contribution in [3.63, 3.8) is 0 Å². The van der Waals surface area contributed by atoms with E-state index in [4.69, 9.17) is 15.6 Å². The number of anilines is 1. The van der Waals surface area contributed by atoms with Crippen molar-refractivity contribution < 1.29 is 23.8 Å². The zero-order valence-corrected chi connectivity index (χ0v) is 9.35. The number of ether oxygens (including phenoxy) is 1. The lowest BCUT2D eigenvalue weighted by molar-refractivity contribution is -0.122. The van der Waals surface area contributed by atoms with Gasteiger partial charge in [0.05, 0.1) is 6.61 Å². The Labute approximate surface area is 102 Å². The average molecular weight is 257 g/mol. The van der Waals surface area contributed by atoms with Crippen LogP contribution < -0.4 is 11.1 Å². The van der Waals surface area contributed by atoms with Crippen molar-refractivity contribution in [2.45, 2.75) is 0 Å². The Morgan fingerprint density at radius 3 is 2.89 bits per heavy atom. The highest BCUT2D eigenvalue weighted by atomic mass is 19.1. The average Bonchev–Trinajstić information content (AvgIpc) is 2.30. The van der Waals surface area contributed by atoms with Gasteiger partial charge in [-0.05, 0) is 6.07 Å². The number of carboxylic acids is 1. The first-order valence-electron chi connectivity index (χ1n) is 5.00. The lowest BCUT2D eigenvalue weighted by Crippen LogP contribution is -2.21. The molecule has 1 amide bonds. The van der Waals surface area contributed by atoms with E-state index in [0.29, 0.717) is 0 Å². The molecule has 0 radical (unpaired) electrons. The number of carboxylic acid groups (broad SMARTS) is 1. The number of rotatable bonds is 7. The molecule has 1 rings (SSSR count). The van der Waals surface area contributed by atoms with Gasteiger partial charge in [-0.3, -0.25) is 4.79 Å². The predicted octanol–water partition coefficient (Wildman–Crippen LogP) is -0.167. The third kappa shape index (κ3) is 3.98. The summed E-state index contributed by atoms with van der Waals surface area (Å²) in [6, 6.07) is 1.06. The molecule has 18 heavy (non-hydrogen) atoms. The number of aromatic carboxylic acids is 1. The standard InChI is InChI=1S/C10H12FN3O4/c11-8-6(10(16)17)1-2-13-9(8)14-3-4-18-5-7(12)15/h1-2H,3-5H2,(H2,12,15)(H,13,14)(H,16,17). The maximum Gasteiger partial charge on any atom is 0.338 e. The van der Waals surface area contributed by atoms with Crippen LogP contribution in [0.1, 0.15) is 10.4 Å². The quantitative estimate of drug-likeness (QED) is 0.584. The molecule has 98 valence electrons. The second kappa shape index (κ2) is 6.50. The predicted molar refractivity (Wildman–Crippen MR) is 59.7 cm³/mol. The monoisotopic (exact) mass is 257 g/mol. The molecule has 0 saturated carbocycles. The number of nitrogens with one attached hydrogen (secondary N) is 1. The molecule has 0 spiro atoms. The summed E-state index contributed by atoms with van der Waals surface area (Å²) in [4.78, 5) is 24.7. The van der Waals surface area contributed by atoms with Crippen LogP contribution in [-0.2, 0) is 9.53 Å². The lowest BCUT2D eigenvalue weighted by Gasteiger charge is -2.07. The van der Waals surface area contributed by atoms with E-state index in [1.165, 1.54) is 6.20 Å². The van der Waals surface area contributed by atoms with Crippen molar-refractivity contribution in [3.8, 4) is 0 Å². The number of primary amides is 1. The van der Waals surface area contributed by atoms with Crippen LogP contribution in [0.2, 0.25) is 0 Å². The summed E-state index contributed by atoms with van der Waals surface area (Å²) in [5.41, 5.74) is 4.37. The molecule has 0 aliphatic carbocycles. The van der Waals surface area contributed by atoms with E-state index in [9.17, 15) is 14.0 Å². The maximum atomic E-state index is 13.5. The number of nitrogens with two attached hydrogens (primary N) is 1. The zero-order valence-electron chi connectivity index (χ0n) is 9.35. The molecule has 1 aromatic heterocycles. The van der Waals surface area contributed by atoms with Gasteiger partial charge in [-0.25, -0.2) is 14.2 Å². The number of nitrogens with zero attached hydrogens (tertiary/aromatic N) is 1. The van der Waals surface area contributed by atoms with Gasteiger partial charge in [0, 0.05) is 12.7 Å².